The standard InChI is InChI=1S/C19H17N7O/c20-18-19(25-17(11-24-18)27-16-5-1-2-8-23-16)26(21)12-13-6-7-15-14(10-13)4-3-9-22-15/h1-11H,12,21H2,(H2,20,24). The molecular formula is C19H17N7O. The molecule has 3 heterocycles. The molecule has 0 aliphatic carbocycles. The van der Waals surface area contributed by atoms with Crippen molar-refractivity contribution in [1.82, 2.24) is 19.9 Å². The topological polar surface area (TPSA) is 116 Å². The monoisotopic (exact) mass is 359 g/mol. The second-order valence-electron chi connectivity index (χ2n) is 5.85. The fourth-order valence-electron chi connectivity index (χ4n) is 2.64. The Bertz CT molecular complexity index is 1070. The first-order valence-corrected chi connectivity index (χ1v) is 8.26. The molecule has 27 heavy (non-hydrogen) atoms. The molecule has 8 heteroatoms. The molecule has 0 atom stereocenters. The normalized spacial score (nSPS) is 10.7. The van der Waals surface area contributed by atoms with Gasteiger partial charge in [0, 0.05) is 23.8 Å². The highest BCUT2D eigenvalue weighted by Gasteiger charge is 2.13. The lowest BCUT2D eigenvalue weighted by molar-refractivity contribution is 0.442. The number of hydrogen-bond donors (Lipinski definition) is 2. The van der Waals surface area contributed by atoms with Gasteiger partial charge in [-0.05, 0) is 29.8 Å². The number of hydrazine groups is 1. The number of ether oxygens (including phenoxy) is 1. The van der Waals surface area contributed by atoms with Gasteiger partial charge in [0.2, 0.25) is 11.8 Å². The predicted octanol–water partition coefficient (Wildman–Crippen LogP) is 2.67. The molecule has 0 amide bonds. The minimum Gasteiger partial charge on any atom is -0.419 e. The van der Waals surface area contributed by atoms with Gasteiger partial charge in [-0.25, -0.2) is 15.8 Å². The van der Waals surface area contributed by atoms with E-state index in [1.54, 1.807) is 24.5 Å². The first kappa shape index (κ1) is 16.7. The van der Waals surface area contributed by atoms with Crippen LogP contribution in [0.4, 0.5) is 11.6 Å². The van der Waals surface area contributed by atoms with E-state index in [4.69, 9.17) is 16.3 Å². The lowest BCUT2D eigenvalue weighted by Crippen LogP contribution is -2.32. The van der Waals surface area contributed by atoms with E-state index in [1.165, 1.54) is 11.2 Å². The average molecular weight is 359 g/mol. The van der Waals surface area contributed by atoms with Gasteiger partial charge >= 0.3 is 0 Å². The average Bonchev–Trinajstić information content (AvgIpc) is 2.70. The van der Waals surface area contributed by atoms with Crippen LogP contribution in [0.25, 0.3) is 10.9 Å². The summed E-state index contributed by atoms with van der Waals surface area (Å²) in [5, 5.41) is 2.47. The third-order valence-electron chi connectivity index (χ3n) is 3.90. The maximum Gasteiger partial charge on any atom is 0.241 e. The van der Waals surface area contributed by atoms with Gasteiger partial charge in [0.15, 0.2) is 11.6 Å². The lowest BCUT2D eigenvalue weighted by atomic mass is 10.1. The maximum absolute atomic E-state index is 6.20. The Morgan fingerprint density at radius 3 is 2.67 bits per heavy atom. The van der Waals surface area contributed by atoms with Crippen molar-refractivity contribution in [3.63, 3.8) is 0 Å². The zero-order valence-electron chi connectivity index (χ0n) is 14.4. The fourth-order valence-corrected chi connectivity index (χ4v) is 2.64. The Morgan fingerprint density at radius 2 is 1.81 bits per heavy atom. The summed E-state index contributed by atoms with van der Waals surface area (Å²) in [4.78, 5) is 16.9. The molecule has 0 radical (unpaired) electrons. The highest BCUT2D eigenvalue weighted by molar-refractivity contribution is 5.79. The van der Waals surface area contributed by atoms with Gasteiger partial charge in [-0.2, -0.15) is 4.98 Å². The number of nitrogens with zero attached hydrogens (tertiary/aromatic N) is 5. The van der Waals surface area contributed by atoms with Crippen LogP contribution in [0.2, 0.25) is 0 Å². The molecule has 4 rings (SSSR count). The number of nitrogens with two attached hydrogens (primary N) is 2. The summed E-state index contributed by atoms with van der Waals surface area (Å²) < 4.78 is 5.60. The summed E-state index contributed by atoms with van der Waals surface area (Å²) in [7, 11) is 0. The minimum atomic E-state index is 0.216. The SMILES string of the molecule is Nc1ncc(Oc2ccccn2)nc1N(N)Cc1ccc2ncccc2c1. The van der Waals surface area contributed by atoms with Crippen LogP contribution < -0.4 is 21.3 Å². The van der Waals surface area contributed by atoms with Gasteiger partial charge in [0.25, 0.3) is 0 Å². The predicted molar refractivity (Wildman–Crippen MR) is 103 cm³/mol. The van der Waals surface area contributed by atoms with Crippen LogP contribution in [0.1, 0.15) is 5.56 Å². The quantitative estimate of drug-likeness (QED) is 0.413. The number of pyridine rings is 2. The van der Waals surface area contributed by atoms with Crippen LogP contribution in [0, 0.1) is 0 Å². The Hall–Kier alpha value is -3.78. The molecule has 3 aromatic heterocycles. The van der Waals surface area contributed by atoms with Crippen LogP contribution >= 0.6 is 0 Å². The molecule has 8 nitrogen and oxygen atoms in total. The van der Waals surface area contributed by atoms with Gasteiger partial charge in [-0.3, -0.25) is 9.99 Å². The largest absolute Gasteiger partial charge is 0.419 e. The van der Waals surface area contributed by atoms with E-state index in [0.29, 0.717) is 18.2 Å². The van der Waals surface area contributed by atoms with Crippen molar-refractivity contribution in [3.05, 3.63) is 72.7 Å². The van der Waals surface area contributed by atoms with Crippen molar-refractivity contribution in [1.29, 1.82) is 0 Å². The molecule has 0 unspecified atom stereocenters. The van der Waals surface area contributed by atoms with Crippen LogP contribution in [0.3, 0.4) is 0 Å². The van der Waals surface area contributed by atoms with Crippen molar-refractivity contribution in [3.8, 4) is 11.8 Å². The van der Waals surface area contributed by atoms with Gasteiger partial charge in [0.05, 0.1) is 18.3 Å². The van der Waals surface area contributed by atoms with E-state index in [0.717, 1.165) is 16.5 Å². The number of anilines is 2. The molecule has 1 aromatic carbocycles. The Labute approximate surface area is 155 Å². The highest BCUT2D eigenvalue weighted by atomic mass is 16.5. The van der Waals surface area contributed by atoms with Crippen molar-refractivity contribution in [2.75, 3.05) is 10.7 Å². The summed E-state index contributed by atoms with van der Waals surface area (Å²) in [5.41, 5.74) is 7.87. The third-order valence-corrected chi connectivity index (χ3v) is 3.90. The molecule has 0 fully saturated rings. The zero-order valence-corrected chi connectivity index (χ0v) is 14.4. The van der Waals surface area contributed by atoms with E-state index in [9.17, 15) is 0 Å². The number of hydrogen-bond acceptors (Lipinski definition) is 8. The minimum absolute atomic E-state index is 0.216. The highest BCUT2D eigenvalue weighted by Crippen LogP contribution is 2.24. The van der Waals surface area contributed by atoms with Crippen LogP contribution in [0.5, 0.6) is 11.8 Å². The first-order valence-electron chi connectivity index (χ1n) is 8.26. The van der Waals surface area contributed by atoms with Crippen molar-refractivity contribution in [2.45, 2.75) is 6.54 Å². The van der Waals surface area contributed by atoms with Crippen LogP contribution in [-0.4, -0.2) is 19.9 Å². The van der Waals surface area contributed by atoms with E-state index < -0.39 is 0 Å². The van der Waals surface area contributed by atoms with E-state index in [1.807, 2.05) is 36.4 Å². The molecule has 4 N–H and O–H groups in total. The van der Waals surface area contributed by atoms with Gasteiger partial charge in [-0.1, -0.05) is 18.2 Å². The lowest BCUT2D eigenvalue weighted by Gasteiger charge is -2.19. The number of benzene rings is 1. The summed E-state index contributed by atoms with van der Waals surface area (Å²) in [6, 6.07) is 15.2. The first-order chi connectivity index (χ1) is 13.2. The van der Waals surface area contributed by atoms with Gasteiger partial charge in [-0.15, -0.1) is 0 Å². The van der Waals surface area contributed by atoms with Crippen LogP contribution in [-0.2, 0) is 6.54 Å². The number of nitrogen functional groups attached to an aromatic ring is 1. The Balaban J connectivity index is 1.56. The van der Waals surface area contributed by atoms with Gasteiger partial charge < -0.3 is 10.5 Å². The van der Waals surface area contributed by atoms with E-state index in [-0.39, 0.29) is 11.7 Å². The molecule has 4 aromatic rings. The number of aromatic nitrogens is 4. The van der Waals surface area contributed by atoms with Crippen molar-refractivity contribution >= 4 is 22.5 Å². The molecular weight excluding hydrogens is 342 g/mol. The smallest absolute Gasteiger partial charge is 0.241 e. The second-order valence-corrected chi connectivity index (χ2v) is 5.85. The second kappa shape index (κ2) is 7.22. The molecule has 0 saturated heterocycles. The Kier molecular flexibility index (Phi) is 4.46. The fraction of sp³-hybridized carbons (Fsp3) is 0.0526. The molecule has 0 spiro atoms. The van der Waals surface area contributed by atoms with E-state index in [2.05, 4.69) is 19.9 Å². The Morgan fingerprint density at radius 1 is 0.926 bits per heavy atom. The third kappa shape index (κ3) is 3.75. The van der Waals surface area contributed by atoms with Crippen molar-refractivity contribution < 1.29 is 4.74 Å². The molecule has 0 bridgehead atoms. The number of fused-ring (bicyclic) bond motifs is 1. The molecule has 0 saturated carbocycles. The summed E-state index contributed by atoms with van der Waals surface area (Å²) in [6.07, 6.45) is 4.83. The van der Waals surface area contributed by atoms with Gasteiger partial charge in [0.1, 0.15) is 0 Å². The van der Waals surface area contributed by atoms with Crippen molar-refractivity contribution in [2.24, 2.45) is 5.84 Å². The summed E-state index contributed by atoms with van der Waals surface area (Å²) in [5.74, 6) is 7.41. The van der Waals surface area contributed by atoms with E-state index >= 15 is 0 Å². The molecule has 0 aliphatic rings. The summed E-state index contributed by atoms with van der Waals surface area (Å²) >= 11 is 0. The molecule has 0 aliphatic heterocycles. The maximum atomic E-state index is 6.20. The van der Waals surface area contributed by atoms with Crippen LogP contribution in [0.15, 0.2) is 67.1 Å². The summed E-state index contributed by atoms with van der Waals surface area (Å²) in [6.45, 7) is 0.400. The number of rotatable bonds is 5. The molecule has 134 valence electrons. The zero-order chi connectivity index (χ0) is 18.6.